The van der Waals surface area contributed by atoms with Gasteiger partial charge in [-0.1, -0.05) is 31.2 Å². The zero-order chi connectivity index (χ0) is 32.7. The summed E-state index contributed by atoms with van der Waals surface area (Å²) in [5.74, 6) is -3.53. The lowest BCUT2D eigenvalue weighted by Crippen LogP contribution is -2.43. The van der Waals surface area contributed by atoms with Crippen LogP contribution >= 0.6 is 11.3 Å². The van der Waals surface area contributed by atoms with Crippen molar-refractivity contribution in [2.45, 2.75) is 31.6 Å². The number of halogens is 2. The molecule has 14 heteroatoms. The minimum absolute atomic E-state index is 0.151. The number of hydrogen-bond acceptors (Lipinski definition) is 11. The quantitative estimate of drug-likeness (QED) is 0.140. The fourth-order valence-corrected chi connectivity index (χ4v) is 5.66. The number of carbonyl (C=O) groups excluding carboxylic acids is 2. The van der Waals surface area contributed by atoms with Gasteiger partial charge in [0, 0.05) is 22.6 Å². The van der Waals surface area contributed by atoms with Gasteiger partial charge in [-0.25, -0.2) is 33.0 Å². The van der Waals surface area contributed by atoms with Crippen LogP contribution in [0, 0.1) is 23.0 Å². The number of aliphatic hydroxyl groups excluding tert-OH is 1. The molecule has 5 aromatic rings. The highest BCUT2D eigenvalue weighted by Gasteiger charge is 2.47. The topological polar surface area (TPSA) is 149 Å². The Balaban J connectivity index is 1.45. The second-order valence-electron chi connectivity index (χ2n) is 9.99. The molecule has 0 aliphatic carbocycles. The van der Waals surface area contributed by atoms with Crippen LogP contribution in [-0.2, 0) is 33.0 Å². The maximum Gasteiger partial charge on any atom is 0.512 e. The van der Waals surface area contributed by atoms with Gasteiger partial charge < -0.3 is 19.3 Å². The highest BCUT2D eigenvalue weighted by atomic mass is 32.1. The van der Waals surface area contributed by atoms with Crippen LogP contribution in [0.3, 0.4) is 0 Å². The van der Waals surface area contributed by atoms with E-state index in [1.165, 1.54) is 52.9 Å². The molecule has 5 rings (SSSR count). The molecule has 0 spiro atoms. The summed E-state index contributed by atoms with van der Waals surface area (Å²) in [7, 11) is 0. The van der Waals surface area contributed by atoms with Crippen molar-refractivity contribution in [1.82, 2.24) is 19.7 Å². The lowest BCUT2D eigenvalue weighted by atomic mass is 9.81. The SMILES string of the molecule is CC(c1nc(-c2ccc(C#N)cc2)cs1)C(Cn1cncn1)(OC(=O)OCOC(=O)c1ccc(CO)cc1)c1ccc(F)cc1F. The first-order chi connectivity index (χ1) is 22.2. The van der Waals surface area contributed by atoms with E-state index in [4.69, 9.17) is 24.5 Å². The van der Waals surface area contributed by atoms with Crippen LogP contribution in [0.4, 0.5) is 13.6 Å². The van der Waals surface area contributed by atoms with Crippen LogP contribution in [0.15, 0.2) is 84.8 Å². The molecule has 0 fully saturated rings. The monoisotopic (exact) mass is 645 g/mol. The van der Waals surface area contributed by atoms with Crippen molar-refractivity contribution >= 4 is 23.5 Å². The summed E-state index contributed by atoms with van der Waals surface area (Å²) < 4.78 is 47.0. The Kier molecular flexibility index (Phi) is 9.75. The van der Waals surface area contributed by atoms with Crippen molar-refractivity contribution in [1.29, 1.82) is 5.26 Å². The van der Waals surface area contributed by atoms with Gasteiger partial charge in [0.1, 0.15) is 29.3 Å². The van der Waals surface area contributed by atoms with E-state index in [9.17, 15) is 19.1 Å². The number of nitrogens with zero attached hydrogens (tertiary/aromatic N) is 5. The minimum atomic E-state index is -1.92. The summed E-state index contributed by atoms with van der Waals surface area (Å²) in [6.07, 6.45) is 1.27. The fourth-order valence-electron chi connectivity index (χ4n) is 4.69. The Labute approximate surface area is 265 Å². The summed E-state index contributed by atoms with van der Waals surface area (Å²) in [4.78, 5) is 34.3. The van der Waals surface area contributed by atoms with Crippen LogP contribution in [-0.4, -0.2) is 43.8 Å². The number of thiazole rings is 1. The molecular weight excluding hydrogens is 620 g/mol. The Morgan fingerprint density at radius 1 is 1.09 bits per heavy atom. The zero-order valence-corrected chi connectivity index (χ0v) is 25.0. The molecule has 11 nitrogen and oxygen atoms in total. The summed E-state index contributed by atoms with van der Waals surface area (Å²) >= 11 is 1.22. The zero-order valence-electron chi connectivity index (χ0n) is 24.2. The summed E-state index contributed by atoms with van der Waals surface area (Å²) in [6, 6.07) is 17.6. The molecule has 3 aromatic carbocycles. The molecule has 234 valence electrons. The highest BCUT2D eigenvalue weighted by molar-refractivity contribution is 7.10. The number of esters is 1. The summed E-state index contributed by atoms with van der Waals surface area (Å²) in [5.41, 5.74) is 0.383. The van der Waals surface area contributed by atoms with E-state index in [-0.39, 0.29) is 24.3 Å². The number of carbonyl (C=O) groups is 2. The van der Waals surface area contributed by atoms with Gasteiger partial charge in [0.15, 0.2) is 5.60 Å². The van der Waals surface area contributed by atoms with Crippen molar-refractivity contribution in [2.24, 2.45) is 0 Å². The molecule has 0 aliphatic rings. The van der Waals surface area contributed by atoms with Crippen molar-refractivity contribution in [3.8, 4) is 17.3 Å². The standard InChI is InChI=1S/C32H25F2N5O6S/c1-20(29-38-28(15-46-29)23-6-2-21(13-35)3-7-23)32(16-39-18-36-17-37-39,26-11-10-25(33)12-27(26)34)45-31(42)44-19-43-30(41)24-8-4-22(14-40)5-9-24/h2-12,15,17-18,20,40H,14,16,19H2,1H3. The second kappa shape index (κ2) is 14.1. The first-order valence-electron chi connectivity index (χ1n) is 13.7. The second-order valence-corrected chi connectivity index (χ2v) is 10.9. The van der Waals surface area contributed by atoms with Gasteiger partial charge in [0.2, 0.25) is 6.79 Å². The molecule has 2 heterocycles. The predicted octanol–water partition coefficient (Wildman–Crippen LogP) is 5.71. The normalized spacial score (nSPS) is 12.8. The molecule has 46 heavy (non-hydrogen) atoms. The van der Waals surface area contributed by atoms with E-state index in [0.717, 1.165) is 17.7 Å². The average Bonchev–Trinajstić information content (AvgIpc) is 3.77. The first-order valence-corrected chi connectivity index (χ1v) is 14.6. The van der Waals surface area contributed by atoms with Crippen LogP contribution in [0.2, 0.25) is 0 Å². The van der Waals surface area contributed by atoms with Crippen LogP contribution in [0.1, 0.15) is 44.9 Å². The van der Waals surface area contributed by atoms with Crippen LogP contribution in [0.25, 0.3) is 11.3 Å². The van der Waals surface area contributed by atoms with Gasteiger partial charge in [-0.2, -0.15) is 10.4 Å². The molecule has 2 atom stereocenters. The van der Waals surface area contributed by atoms with Crippen molar-refractivity contribution in [2.75, 3.05) is 6.79 Å². The fraction of sp³-hybridized carbons (Fsp3) is 0.188. The van der Waals surface area contributed by atoms with Gasteiger partial charge in [-0.15, -0.1) is 11.3 Å². The molecule has 1 N–H and O–H groups in total. The maximum absolute atomic E-state index is 15.6. The third kappa shape index (κ3) is 7.06. The van der Waals surface area contributed by atoms with Gasteiger partial charge in [-0.05, 0) is 42.0 Å². The van der Waals surface area contributed by atoms with Gasteiger partial charge in [0.25, 0.3) is 0 Å². The number of hydrogen-bond donors (Lipinski definition) is 1. The molecule has 0 saturated carbocycles. The van der Waals surface area contributed by atoms with Crippen molar-refractivity contribution < 1.29 is 37.7 Å². The third-order valence-electron chi connectivity index (χ3n) is 7.16. The number of aromatic nitrogens is 4. The largest absolute Gasteiger partial charge is 0.512 e. The Morgan fingerprint density at radius 3 is 2.50 bits per heavy atom. The molecule has 0 bridgehead atoms. The number of ether oxygens (including phenoxy) is 3. The van der Waals surface area contributed by atoms with E-state index in [1.54, 1.807) is 36.6 Å². The van der Waals surface area contributed by atoms with E-state index in [0.29, 0.717) is 27.9 Å². The van der Waals surface area contributed by atoms with Gasteiger partial charge in [0.05, 0.1) is 42.0 Å². The number of nitriles is 1. The number of aliphatic hydroxyl groups is 1. The Bertz CT molecular complexity index is 1860. The summed E-state index contributed by atoms with van der Waals surface area (Å²) in [6.45, 7) is 0.337. The lowest BCUT2D eigenvalue weighted by Gasteiger charge is -2.37. The van der Waals surface area contributed by atoms with E-state index >= 15 is 4.39 Å². The van der Waals surface area contributed by atoms with E-state index < -0.39 is 42.1 Å². The number of benzene rings is 3. The smallest absolute Gasteiger partial charge is 0.424 e. The van der Waals surface area contributed by atoms with Gasteiger partial charge >= 0.3 is 12.1 Å². The predicted molar refractivity (Wildman–Crippen MR) is 159 cm³/mol. The molecule has 0 saturated heterocycles. The van der Waals surface area contributed by atoms with Crippen molar-refractivity contribution in [3.63, 3.8) is 0 Å². The minimum Gasteiger partial charge on any atom is -0.424 e. The van der Waals surface area contributed by atoms with Crippen LogP contribution < -0.4 is 0 Å². The molecule has 0 aliphatic heterocycles. The Hall–Kier alpha value is -5.52. The van der Waals surface area contributed by atoms with Crippen LogP contribution in [0.5, 0.6) is 0 Å². The molecule has 2 unspecified atom stereocenters. The van der Waals surface area contributed by atoms with Crippen molar-refractivity contribution in [3.05, 3.63) is 124 Å². The molecular formula is C32H25F2N5O6S. The van der Waals surface area contributed by atoms with E-state index in [2.05, 4.69) is 16.2 Å². The number of rotatable bonds is 11. The molecule has 2 aromatic heterocycles. The molecule has 0 radical (unpaired) electrons. The van der Waals surface area contributed by atoms with E-state index in [1.807, 2.05) is 0 Å². The molecule has 0 amide bonds. The maximum atomic E-state index is 15.6. The average molecular weight is 646 g/mol. The highest BCUT2D eigenvalue weighted by Crippen LogP contribution is 2.45. The third-order valence-corrected chi connectivity index (χ3v) is 8.18. The Morgan fingerprint density at radius 2 is 1.85 bits per heavy atom. The first kappa shape index (κ1) is 31.9. The van der Waals surface area contributed by atoms with Gasteiger partial charge in [-0.3, -0.25) is 0 Å². The lowest BCUT2D eigenvalue weighted by molar-refractivity contribution is -0.0881. The summed E-state index contributed by atoms with van der Waals surface area (Å²) in [5, 5.41) is 24.6.